The molecule has 7 heteroatoms. The topological polar surface area (TPSA) is 82.5 Å². The zero-order valence-electron chi connectivity index (χ0n) is 8.58. The molecule has 0 aliphatic carbocycles. The third-order valence-corrected chi connectivity index (χ3v) is 2.71. The van der Waals surface area contributed by atoms with Gasteiger partial charge in [-0.1, -0.05) is 28.9 Å². The van der Waals surface area contributed by atoms with Crippen LogP contribution < -0.4 is 5.73 Å². The van der Waals surface area contributed by atoms with Crippen LogP contribution in [0.15, 0.2) is 30.6 Å². The van der Waals surface area contributed by atoms with E-state index in [1.807, 2.05) is 24.3 Å². The van der Waals surface area contributed by atoms with Crippen LogP contribution in [-0.2, 0) is 0 Å². The summed E-state index contributed by atoms with van der Waals surface area (Å²) in [6.07, 6.45) is 1.34. The van der Waals surface area contributed by atoms with Crippen molar-refractivity contribution in [3.05, 3.63) is 35.6 Å². The summed E-state index contributed by atoms with van der Waals surface area (Å²) in [6.45, 7) is 0. The first-order valence-electron chi connectivity index (χ1n) is 4.84. The summed E-state index contributed by atoms with van der Waals surface area (Å²) in [7, 11) is 0. The molecule has 84 valence electrons. The Labute approximate surface area is 101 Å². The predicted molar refractivity (Wildman–Crippen MR) is 63.9 cm³/mol. The van der Waals surface area contributed by atoms with Crippen molar-refractivity contribution in [3.8, 4) is 5.82 Å². The molecule has 0 atom stereocenters. The molecule has 0 unspecified atom stereocenters. The second-order valence-electron chi connectivity index (χ2n) is 3.39. The SMILES string of the molecule is Nc1ncnc(-n2nnc3ccccc32)c1Cl. The van der Waals surface area contributed by atoms with Gasteiger partial charge in [-0.05, 0) is 12.1 Å². The number of hydrogen-bond donors (Lipinski definition) is 1. The van der Waals surface area contributed by atoms with Gasteiger partial charge in [0.15, 0.2) is 5.82 Å². The average molecular weight is 247 g/mol. The molecule has 17 heavy (non-hydrogen) atoms. The molecule has 2 heterocycles. The van der Waals surface area contributed by atoms with Crippen LogP contribution in [0.3, 0.4) is 0 Å². The molecule has 2 aromatic heterocycles. The Morgan fingerprint density at radius 1 is 1.18 bits per heavy atom. The number of rotatable bonds is 1. The Morgan fingerprint density at radius 3 is 2.88 bits per heavy atom. The van der Waals surface area contributed by atoms with E-state index in [1.165, 1.54) is 11.0 Å². The molecule has 6 nitrogen and oxygen atoms in total. The minimum Gasteiger partial charge on any atom is -0.382 e. The predicted octanol–water partition coefficient (Wildman–Crippen LogP) is 1.45. The lowest BCUT2D eigenvalue weighted by Crippen LogP contribution is -2.04. The molecular formula is C10H7ClN6. The van der Waals surface area contributed by atoms with Crippen LogP contribution >= 0.6 is 11.6 Å². The van der Waals surface area contributed by atoms with Crippen molar-refractivity contribution >= 4 is 28.5 Å². The largest absolute Gasteiger partial charge is 0.382 e. The number of benzene rings is 1. The molecule has 2 N–H and O–H groups in total. The minimum absolute atomic E-state index is 0.219. The van der Waals surface area contributed by atoms with Gasteiger partial charge in [-0.25, -0.2) is 9.97 Å². The Morgan fingerprint density at radius 2 is 2.00 bits per heavy atom. The first kappa shape index (κ1) is 9.98. The summed E-state index contributed by atoms with van der Waals surface area (Å²) in [6, 6.07) is 7.51. The van der Waals surface area contributed by atoms with Crippen LogP contribution in [0, 0.1) is 0 Å². The van der Waals surface area contributed by atoms with E-state index in [9.17, 15) is 0 Å². The highest BCUT2D eigenvalue weighted by molar-refractivity contribution is 6.34. The van der Waals surface area contributed by atoms with Crippen molar-refractivity contribution in [2.45, 2.75) is 0 Å². The third-order valence-electron chi connectivity index (χ3n) is 2.35. The number of nitrogens with two attached hydrogens (primary N) is 1. The Bertz CT molecular complexity index is 692. The smallest absolute Gasteiger partial charge is 0.179 e. The van der Waals surface area contributed by atoms with Crippen LogP contribution in [0.4, 0.5) is 5.82 Å². The van der Waals surface area contributed by atoms with Crippen molar-refractivity contribution in [1.29, 1.82) is 0 Å². The Kier molecular flexibility index (Phi) is 2.15. The zero-order valence-corrected chi connectivity index (χ0v) is 9.33. The molecule has 0 radical (unpaired) electrons. The average Bonchev–Trinajstić information content (AvgIpc) is 2.77. The van der Waals surface area contributed by atoms with E-state index < -0.39 is 0 Å². The third kappa shape index (κ3) is 1.50. The van der Waals surface area contributed by atoms with Gasteiger partial charge in [0.05, 0.1) is 5.52 Å². The van der Waals surface area contributed by atoms with Gasteiger partial charge in [0, 0.05) is 0 Å². The van der Waals surface area contributed by atoms with Crippen LogP contribution in [0.5, 0.6) is 0 Å². The molecule has 0 aliphatic rings. The number of nitrogens with zero attached hydrogens (tertiary/aromatic N) is 5. The normalized spacial score (nSPS) is 10.9. The summed E-state index contributed by atoms with van der Waals surface area (Å²) in [5, 5.41) is 8.29. The number of para-hydroxylation sites is 1. The first-order valence-corrected chi connectivity index (χ1v) is 5.22. The van der Waals surface area contributed by atoms with Gasteiger partial charge in [0.1, 0.15) is 22.7 Å². The van der Waals surface area contributed by atoms with E-state index in [4.69, 9.17) is 17.3 Å². The maximum Gasteiger partial charge on any atom is 0.179 e. The lowest BCUT2D eigenvalue weighted by molar-refractivity contribution is 0.798. The van der Waals surface area contributed by atoms with Gasteiger partial charge >= 0.3 is 0 Å². The van der Waals surface area contributed by atoms with Gasteiger partial charge in [-0.15, -0.1) is 5.10 Å². The lowest BCUT2D eigenvalue weighted by atomic mass is 10.3. The fraction of sp³-hybridized carbons (Fsp3) is 0. The standard InChI is InChI=1S/C10H7ClN6/c11-8-9(12)13-5-14-10(8)17-7-4-2-1-3-6(7)15-16-17/h1-5H,(H2,12,13,14). The molecule has 0 aliphatic heterocycles. The zero-order chi connectivity index (χ0) is 11.8. The van der Waals surface area contributed by atoms with Crippen molar-refractivity contribution in [2.24, 2.45) is 0 Å². The van der Waals surface area contributed by atoms with Crippen molar-refractivity contribution < 1.29 is 0 Å². The quantitative estimate of drug-likeness (QED) is 0.703. The van der Waals surface area contributed by atoms with E-state index in [0.717, 1.165) is 11.0 Å². The highest BCUT2D eigenvalue weighted by atomic mass is 35.5. The number of aromatic nitrogens is 5. The van der Waals surface area contributed by atoms with Gasteiger partial charge < -0.3 is 5.73 Å². The number of fused-ring (bicyclic) bond motifs is 1. The molecule has 0 fully saturated rings. The first-order chi connectivity index (χ1) is 8.27. The fourth-order valence-corrected chi connectivity index (χ4v) is 1.72. The molecule has 3 aromatic rings. The van der Waals surface area contributed by atoms with E-state index in [0.29, 0.717) is 5.82 Å². The molecule has 0 bridgehead atoms. The van der Waals surface area contributed by atoms with E-state index in [1.54, 1.807) is 0 Å². The van der Waals surface area contributed by atoms with Crippen molar-refractivity contribution in [3.63, 3.8) is 0 Å². The molecule has 0 saturated carbocycles. The second-order valence-corrected chi connectivity index (χ2v) is 3.76. The van der Waals surface area contributed by atoms with Gasteiger partial charge in [-0.3, -0.25) is 0 Å². The van der Waals surface area contributed by atoms with Crippen LogP contribution in [-0.4, -0.2) is 25.0 Å². The van der Waals surface area contributed by atoms with E-state index in [-0.39, 0.29) is 10.8 Å². The number of hydrogen-bond acceptors (Lipinski definition) is 5. The Hall–Kier alpha value is -2.21. The molecule has 1 aromatic carbocycles. The summed E-state index contributed by atoms with van der Waals surface area (Å²) in [4.78, 5) is 7.87. The van der Waals surface area contributed by atoms with Crippen LogP contribution in [0.1, 0.15) is 0 Å². The maximum absolute atomic E-state index is 6.05. The number of nitrogen functional groups attached to an aromatic ring is 1. The summed E-state index contributed by atoms with van der Waals surface area (Å²) in [5.74, 6) is 0.643. The molecular weight excluding hydrogens is 240 g/mol. The maximum atomic E-state index is 6.05. The number of anilines is 1. The van der Waals surface area contributed by atoms with Crippen LogP contribution in [0.25, 0.3) is 16.9 Å². The second kappa shape index (κ2) is 3.67. The molecule has 0 saturated heterocycles. The minimum atomic E-state index is 0.219. The molecule has 0 spiro atoms. The fourth-order valence-electron chi connectivity index (χ4n) is 1.55. The lowest BCUT2D eigenvalue weighted by Gasteiger charge is -2.04. The van der Waals surface area contributed by atoms with E-state index >= 15 is 0 Å². The highest BCUT2D eigenvalue weighted by Gasteiger charge is 2.12. The monoisotopic (exact) mass is 246 g/mol. The Balaban J connectivity index is 2.31. The van der Waals surface area contributed by atoms with Gasteiger partial charge in [0.2, 0.25) is 0 Å². The summed E-state index contributed by atoms with van der Waals surface area (Å²) >= 11 is 6.05. The van der Waals surface area contributed by atoms with Crippen LogP contribution in [0.2, 0.25) is 5.02 Å². The number of halogens is 1. The summed E-state index contributed by atoms with van der Waals surface area (Å²) in [5.41, 5.74) is 7.20. The van der Waals surface area contributed by atoms with Gasteiger partial charge in [0.25, 0.3) is 0 Å². The van der Waals surface area contributed by atoms with E-state index in [2.05, 4.69) is 20.3 Å². The van der Waals surface area contributed by atoms with Crippen molar-refractivity contribution in [2.75, 3.05) is 5.73 Å². The molecule has 0 amide bonds. The molecule has 3 rings (SSSR count). The highest BCUT2D eigenvalue weighted by Crippen LogP contribution is 2.24. The summed E-state index contributed by atoms with van der Waals surface area (Å²) < 4.78 is 1.54. The van der Waals surface area contributed by atoms with Crippen molar-refractivity contribution in [1.82, 2.24) is 25.0 Å². The van der Waals surface area contributed by atoms with Gasteiger partial charge in [-0.2, -0.15) is 4.68 Å².